The Hall–Kier alpha value is -2.54. The molecule has 0 fully saturated rings. The van der Waals surface area contributed by atoms with Gasteiger partial charge in [0.1, 0.15) is 5.75 Å². The number of carbonyl (C=O) groups excluding carboxylic acids is 1. The molecule has 0 saturated heterocycles. The van der Waals surface area contributed by atoms with Crippen molar-refractivity contribution in [3.05, 3.63) is 48.5 Å². The molecule has 0 aliphatic carbocycles. The molecule has 1 aliphatic rings. The maximum atomic E-state index is 12.2. The summed E-state index contributed by atoms with van der Waals surface area (Å²) >= 11 is 0. The highest BCUT2D eigenvalue weighted by Crippen LogP contribution is 2.31. The zero-order valence-corrected chi connectivity index (χ0v) is 11.7. The van der Waals surface area contributed by atoms with Gasteiger partial charge in [-0.05, 0) is 30.3 Å². The summed E-state index contributed by atoms with van der Waals surface area (Å²) in [6.45, 7) is -0.0396. The Morgan fingerprint density at radius 2 is 1.86 bits per heavy atom. The van der Waals surface area contributed by atoms with E-state index in [4.69, 9.17) is 4.74 Å². The lowest BCUT2D eigenvalue weighted by atomic mass is 10.2. The summed E-state index contributed by atoms with van der Waals surface area (Å²) in [6, 6.07) is 12.8. The minimum absolute atomic E-state index is 0.0396. The van der Waals surface area contributed by atoms with Gasteiger partial charge in [-0.15, -0.1) is 0 Å². The lowest BCUT2D eigenvalue weighted by Crippen LogP contribution is -2.25. The Balaban J connectivity index is 1.89. The number of hydrogen-bond acceptors (Lipinski definition) is 4. The molecule has 1 amide bonds. The molecule has 0 bridgehead atoms. The third kappa shape index (κ3) is 2.82. The fraction of sp³-hybridized carbons (Fsp3) is 0.0714. The molecule has 7 heteroatoms. The Morgan fingerprint density at radius 3 is 2.62 bits per heavy atom. The molecule has 0 atom stereocenters. The van der Waals surface area contributed by atoms with Crippen LogP contribution in [0.25, 0.3) is 0 Å². The average molecular weight is 304 g/mol. The van der Waals surface area contributed by atoms with Gasteiger partial charge in [-0.2, -0.15) is 0 Å². The van der Waals surface area contributed by atoms with Crippen molar-refractivity contribution in [3.63, 3.8) is 0 Å². The number of fused-ring (bicyclic) bond motifs is 1. The SMILES string of the molecule is O=C1COc2ccc(NS(=O)(=O)c3ccccc3)cc2N1. The monoisotopic (exact) mass is 304 g/mol. The van der Waals surface area contributed by atoms with Gasteiger partial charge >= 0.3 is 0 Å². The van der Waals surface area contributed by atoms with Gasteiger partial charge in [-0.25, -0.2) is 8.42 Å². The van der Waals surface area contributed by atoms with Crippen LogP contribution in [0.2, 0.25) is 0 Å². The molecule has 2 N–H and O–H groups in total. The number of benzene rings is 2. The van der Waals surface area contributed by atoms with Crippen LogP contribution >= 0.6 is 0 Å². The number of carbonyl (C=O) groups is 1. The van der Waals surface area contributed by atoms with Crippen molar-refractivity contribution >= 4 is 27.3 Å². The van der Waals surface area contributed by atoms with Crippen LogP contribution in [0.3, 0.4) is 0 Å². The van der Waals surface area contributed by atoms with E-state index in [2.05, 4.69) is 10.0 Å². The Labute approximate surface area is 121 Å². The van der Waals surface area contributed by atoms with Crippen molar-refractivity contribution in [1.29, 1.82) is 0 Å². The van der Waals surface area contributed by atoms with Gasteiger partial charge in [-0.1, -0.05) is 18.2 Å². The zero-order chi connectivity index (χ0) is 14.9. The molecule has 1 heterocycles. The molecule has 0 aromatic heterocycles. The molecule has 21 heavy (non-hydrogen) atoms. The number of anilines is 2. The average Bonchev–Trinajstić information content (AvgIpc) is 2.47. The summed E-state index contributed by atoms with van der Waals surface area (Å²) in [4.78, 5) is 11.4. The van der Waals surface area contributed by atoms with E-state index in [1.807, 2.05) is 0 Å². The molecule has 0 spiro atoms. The topological polar surface area (TPSA) is 84.5 Å². The van der Waals surface area contributed by atoms with E-state index in [0.29, 0.717) is 17.1 Å². The van der Waals surface area contributed by atoms with Gasteiger partial charge in [0, 0.05) is 0 Å². The van der Waals surface area contributed by atoms with Crippen LogP contribution in [-0.2, 0) is 14.8 Å². The molecule has 2 aromatic carbocycles. The first-order chi connectivity index (χ1) is 10.0. The molecular weight excluding hydrogens is 292 g/mol. The van der Waals surface area contributed by atoms with Crippen molar-refractivity contribution in [2.45, 2.75) is 4.90 Å². The van der Waals surface area contributed by atoms with E-state index in [-0.39, 0.29) is 17.4 Å². The lowest BCUT2D eigenvalue weighted by Gasteiger charge is -2.18. The molecule has 0 radical (unpaired) electrons. The summed E-state index contributed by atoms with van der Waals surface area (Å²) in [7, 11) is -3.66. The molecule has 0 unspecified atom stereocenters. The second-order valence-electron chi connectivity index (χ2n) is 4.47. The highest BCUT2D eigenvalue weighted by atomic mass is 32.2. The first kappa shape index (κ1) is 13.4. The van der Waals surface area contributed by atoms with E-state index in [1.54, 1.807) is 30.3 Å². The van der Waals surface area contributed by atoms with E-state index < -0.39 is 10.0 Å². The first-order valence-electron chi connectivity index (χ1n) is 6.19. The number of hydrogen-bond donors (Lipinski definition) is 2. The van der Waals surface area contributed by atoms with Crippen LogP contribution in [0, 0.1) is 0 Å². The van der Waals surface area contributed by atoms with Crippen molar-refractivity contribution < 1.29 is 17.9 Å². The van der Waals surface area contributed by atoms with Gasteiger partial charge in [0.25, 0.3) is 15.9 Å². The van der Waals surface area contributed by atoms with Gasteiger partial charge < -0.3 is 10.1 Å². The largest absolute Gasteiger partial charge is 0.482 e. The van der Waals surface area contributed by atoms with Gasteiger partial charge in [0.15, 0.2) is 6.61 Å². The van der Waals surface area contributed by atoms with Crippen molar-refractivity contribution in [1.82, 2.24) is 0 Å². The molecule has 108 valence electrons. The van der Waals surface area contributed by atoms with E-state index in [0.717, 1.165) is 0 Å². The normalized spacial score (nSPS) is 13.8. The summed E-state index contributed by atoms with van der Waals surface area (Å²) in [6.07, 6.45) is 0. The van der Waals surface area contributed by atoms with Crippen LogP contribution in [-0.4, -0.2) is 20.9 Å². The third-order valence-electron chi connectivity index (χ3n) is 2.92. The molecule has 1 aliphatic heterocycles. The van der Waals surface area contributed by atoms with Crippen LogP contribution in [0.15, 0.2) is 53.4 Å². The quantitative estimate of drug-likeness (QED) is 0.906. The fourth-order valence-electron chi connectivity index (χ4n) is 1.96. The minimum Gasteiger partial charge on any atom is -0.482 e. The van der Waals surface area contributed by atoms with Crippen LogP contribution in [0.1, 0.15) is 0 Å². The maximum absolute atomic E-state index is 12.2. The Bertz CT molecular complexity index is 788. The highest BCUT2D eigenvalue weighted by Gasteiger charge is 2.18. The Morgan fingerprint density at radius 1 is 1.10 bits per heavy atom. The van der Waals surface area contributed by atoms with E-state index in [1.165, 1.54) is 18.2 Å². The van der Waals surface area contributed by atoms with Crippen LogP contribution in [0.4, 0.5) is 11.4 Å². The second-order valence-corrected chi connectivity index (χ2v) is 6.15. The minimum atomic E-state index is -3.66. The maximum Gasteiger partial charge on any atom is 0.262 e. The zero-order valence-electron chi connectivity index (χ0n) is 10.9. The number of sulfonamides is 1. The van der Waals surface area contributed by atoms with Crippen molar-refractivity contribution in [2.75, 3.05) is 16.6 Å². The lowest BCUT2D eigenvalue weighted by molar-refractivity contribution is -0.118. The van der Waals surface area contributed by atoms with Crippen LogP contribution in [0.5, 0.6) is 5.75 Å². The third-order valence-corrected chi connectivity index (χ3v) is 4.32. The first-order valence-corrected chi connectivity index (χ1v) is 7.67. The molecule has 3 rings (SSSR count). The number of nitrogens with one attached hydrogen (secondary N) is 2. The van der Waals surface area contributed by atoms with E-state index >= 15 is 0 Å². The smallest absolute Gasteiger partial charge is 0.262 e. The van der Waals surface area contributed by atoms with Gasteiger partial charge in [0.2, 0.25) is 0 Å². The predicted octanol–water partition coefficient (Wildman–Crippen LogP) is 1.82. The van der Waals surface area contributed by atoms with Gasteiger partial charge in [0.05, 0.1) is 16.3 Å². The summed E-state index contributed by atoms with van der Waals surface area (Å²) in [5, 5.41) is 2.63. The molecule has 0 saturated carbocycles. The standard InChI is InChI=1S/C14H12N2O4S/c17-14-9-20-13-7-6-10(8-12(13)15-14)16-21(18,19)11-4-2-1-3-5-11/h1-8,16H,9H2,(H,15,17). The second kappa shape index (κ2) is 5.10. The molecular formula is C14H12N2O4S. The number of amides is 1. The van der Waals surface area contributed by atoms with Gasteiger partial charge in [-0.3, -0.25) is 9.52 Å². The number of rotatable bonds is 3. The summed E-state index contributed by atoms with van der Waals surface area (Å²) in [5.74, 6) is 0.239. The van der Waals surface area contributed by atoms with Crippen LogP contribution < -0.4 is 14.8 Å². The summed E-state index contributed by atoms with van der Waals surface area (Å²) < 4.78 is 32.1. The van der Waals surface area contributed by atoms with Crippen molar-refractivity contribution in [2.24, 2.45) is 0 Å². The predicted molar refractivity (Wildman–Crippen MR) is 77.8 cm³/mol. The molecule has 2 aromatic rings. The van der Waals surface area contributed by atoms with E-state index in [9.17, 15) is 13.2 Å². The summed E-state index contributed by atoms with van der Waals surface area (Å²) in [5.41, 5.74) is 0.794. The Kier molecular flexibility index (Phi) is 3.26. The fourth-order valence-corrected chi connectivity index (χ4v) is 3.03. The van der Waals surface area contributed by atoms with Crippen molar-refractivity contribution in [3.8, 4) is 5.75 Å². The molecule has 6 nitrogen and oxygen atoms in total. The highest BCUT2D eigenvalue weighted by molar-refractivity contribution is 7.92. The number of ether oxygens (including phenoxy) is 1.